The van der Waals surface area contributed by atoms with Gasteiger partial charge in [0.25, 0.3) is 0 Å². The normalized spacial score (nSPS) is 13.2. The Hall–Kier alpha value is -0.930. The second-order valence-electron chi connectivity index (χ2n) is 3.63. The fourth-order valence-corrected chi connectivity index (χ4v) is 1.37. The molecule has 0 saturated carbocycles. The average Bonchev–Trinajstić information content (AvgIpc) is 2.15. The van der Waals surface area contributed by atoms with Crippen molar-refractivity contribution in [3.63, 3.8) is 0 Å². The summed E-state index contributed by atoms with van der Waals surface area (Å²) in [5.74, 6) is 6.12. The number of hydrogen-bond donors (Lipinski definition) is 2. The third-order valence-corrected chi connectivity index (χ3v) is 2.02. The van der Waals surface area contributed by atoms with E-state index < -0.39 is 0 Å². The Morgan fingerprint density at radius 2 is 2.00 bits per heavy atom. The maximum absolute atomic E-state index is 5.48. The van der Waals surface area contributed by atoms with Gasteiger partial charge in [0.1, 0.15) is 0 Å². The van der Waals surface area contributed by atoms with Gasteiger partial charge in [-0.1, -0.05) is 13.8 Å². The van der Waals surface area contributed by atoms with Gasteiger partial charge in [-0.2, -0.15) is 0 Å². The first kappa shape index (κ1) is 10.2. The van der Waals surface area contributed by atoms with E-state index in [1.165, 1.54) is 5.56 Å². The first-order valence-electron chi connectivity index (χ1n) is 4.60. The lowest BCUT2D eigenvalue weighted by molar-refractivity contribution is 0.438. The molecule has 0 aliphatic rings. The van der Waals surface area contributed by atoms with E-state index in [-0.39, 0.29) is 6.04 Å². The highest BCUT2D eigenvalue weighted by atomic mass is 15.2. The molecule has 3 nitrogen and oxygen atoms in total. The maximum Gasteiger partial charge on any atom is 0.0463 e. The summed E-state index contributed by atoms with van der Waals surface area (Å²) in [4.78, 5) is 3.97. The van der Waals surface area contributed by atoms with E-state index in [1.54, 1.807) is 12.4 Å². The van der Waals surface area contributed by atoms with Gasteiger partial charge in [-0.15, -0.1) is 0 Å². The zero-order chi connectivity index (χ0) is 9.68. The van der Waals surface area contributed by atoms with Crippen molar-refractivity contribution in [3.8, 4) is 0 Å². The Balaban J connectivity index is 2.67. The predicted octanol–water partition coefficient (Wildman–Crippen LogP) is 1.63. The summed E-state index contributed by atoms with van der Waals surface area (Å²) in [5, 5.41) is 0. The Kier molecular flexibility index (Phi) is 3.86. The molecule has 0 aliphatic heterocycles. The number of aromatic nitrogens is 1. The van der Waals surface area contributed by atoms with Gasteiger partial charge in [-0.3, -0.25) is 16.3 Å². The molecule has 0 aliphatic carbocycles. The van der Waals surface area contributed by atoms with Crippen LogP contribution in [0.1, 0.15) is 31.9 Å². The summed E-state index contributed by atoms with van der Waals surface area (Å²) < 4.78 is 0. The minimum atomic E-state index is 0.239. The quantitative estimate of drug-likeness (QED) is 0.545. The van der Waals surface area contributed by atoms with E-state index in [9.17, 15) is 0 Å². The number of hydrazine groups is 1. The van der Waals surface area contributed by atoms with Crippen molar-refractivity contribution in [2.24, 2.45) is 11.8 Å². The molecule has 0 saturated heterocycles. The van der Waals surface area contributed by atoms with Crippen LogP contribution in [0.5, 0.6) is 0 Å². The smallest absolute Gasteiger partial charge is 0.0463 e. The van der Waals surface area contributed by atoms with E-state index in [0.29, 0.717) is 5.92 Å². The van der Waals surface area contributed by atoms with Crippen LogP contribution in [0.3, 0.4) is 0 Å². The number of nitrogens with one attached hydrogen (secondary N) is 1. The van der Waals surface area contributed by atoms with E-state index in [2.05, 4.69) is 24.3 Å². The predicted molar refractivity (Wildman–Crippen MR) is 53.8 cm³/mol. The van der Waals surface area contributed by atoms with Crippen LogP contribution < -0.4 is 11.3 Å². The molecule has 0 radical (unpaired) electrons. The minimum Gasteiger partial charge on any atom is -0.271 e. The SMILES string of the molecule is CC(C)CC(NN)c1ccncc1. The average molecular weight is 179 g/mol. The summed E-state index contributed by atoms with van der Waals surface area (Å²) in [7, 11) is 0. The number of pyridine rings is 1. The molecule has 13 heavy (non-hydrogen) atoms. The molecule has 1 rings (SSSR count). The van der Waals surface area contributed by atoms with Gasteiger partial charge in [0.15, 0.2) is 0 Å². The van der Waals surface area contributed by atoms with Gasteiger partial charge in [0.2, 0.25) is 0 Å². The van der Waals surface area contributed by atoms with Crippen LogP contribution in [-0.2, 0) is 0 Å². The number of nitrogens with two attached hydrogens (primary N) is 1. The summed E-state index contributed by atoms with van der Waals surface area (Å²) >= 11 is 0. The second-order valence-corrected chi connectivity index (χ2v) is 3.63. The zero-order valence-electron chi connectivity index (χ0n) is 8.20. The van der Waals surface area contributed by atoms with Gasteiger partial charge in [0.05, 0.1) is 0 Å². The molecule has 0 amide bonds. The van der Waals surface area contributed by atoms with Crippen LogP contribution >= 0.6 is 0 Å². The zero-order valence-corrected chi connectivity index (χ0v) is 8.20. The van der Waals surface area contributed by atoms with E-state index in [0.717, 1.165) is 6.42 Å². The van der Waals surface area contributed by atoms with Crippen LogP contribution in [0.2, 0.25) is 0 Å². The lowest BCUT2D eigenvalue weighted by atomic mass is 9.98. The fraction of sp³-hybridized carbons (Fsp3) is 0.500. The topological polar surface area (TPSA) is 50.9 Å². The van der Waals surface area contributed by atoms with Crippen LogP contribution in [0.15, 0.2) is 24.5 Å². The van der Waals surface area contributed by atoms with E-state index >= 15 is 0 Å². The van der Waals surface area contributed by atoms with Crippen molar-refractivity contribution >= 4 is 0 Å². The lowest BCUT2D eigenvalue weighted by Gasteiger charge is -2.17. The van der Waals surface area contributed by atoms with Crippen molar-refractivity contribution in [2.75, 3.05) is 0 Å². The highest BCUT2D eigenvalue weighted by Gasteiger charge is 2.10. The van der Waals surface area contributed by atoms with Gasteiger partial charge < -0.3 is 0 Å². The summed E-state index contributed by atoms with van der Waals surface area (Å²) in [6.07, 6.45) is 4.63. The van der Waals surface area contributed by atoms with Gasteiger partial charge in [-0.25, -0.2) is 0 Å². The molecule has 0 bridgehead atoms. The van der Waals surface area contributed by atoms with Gasteiger partial charge >= 0.3 is 0 Å². The summed E-state index contributed by atoms with van der Waals surface area (Å²) in [6.45, 7) is 4.37. The standard InChI is InChI=1S/C10H17N3/c1-8(2)7-10(13-11)9-3-5-12-6-4-9/h3-6,8,10,13H,7,11H2,1-2H3. The highest BCUT2D eigenvalue weighted by Crippen LogP contribution is 2.19. The van der Waals surface area contributed by atoms with Crippen molar-refractivity contribution in [3.05, 3.63) is 30.1 Å². The largest absolute Gasteiger partial charge is 0.271 e. The van der Waals surface area contributed by atoms with Crippen LogP contribution in [0, 0.1) is 5.92 Å². The van der Waals surface area contributed by atoms with Crippen molar-refractivity contribution in [1.29, 1.82) is 0 Å². The fourth-order valence-electron chi connectivity index (χ4n) is 1.37. The van der Waals surface area contributed by atoms with Crippen molar-refractivity contribution in [1.82, 2.24) is 10.4 Å². The molecule has 1 aromatic rings. The molecular formula is C10H17N3. The Labute approximate surface area is 79.3 Å². The van der Waals surface area contributed by atoms with Crippen molar-refractivity contribution in [2.45, 2.75) is 26.3 Å². The van der Waals surface area contributed by atoms with E-state index in [4.69, 9.17) is 5.84 Å². The Morgan fingerprint density at radius 1 is 1.38 bits per heavy atom. The van der Waals surface area contributed by atoms with Crippen LogP contribution in [-0.4, -0.2) is 4.98 Å². The number of rotatable bonds is 4. The first-order chi connectivity index (χ1) is 6.24. The lowest BCUT2D eigenvalue weighted by Crippen LogP contribution is -2.29. The van der Waals surface area contributed by atoms with Crippen molar-refractivity contribution < 1.29 is 0 Å². The highest BCUT2D eigenvalue weighted by molar-refractivity contribution is 5.14. The molecule has 0 aromatic carbocycles. The molecule has 1 heterocycles. The maximum atomic E-state index is 5.48. The summed E-state index contributed by atoms with van der Waals surface area (Å²) in [6, 6.07) is 4.22. The Bertz CT molecular complexity index is 233. The number of hydrogen-bond acceptors (Lipinski definition) is 3. The third kappa shape index (κ3) is 3.13. The van der Waals surface area contributed by atoms with Gasteiger partial charge in [0, 0.05) is 18.4 Å². The third-order valence-electron chi connectivity index (χ3n) is 2.02. The molecule has 0 spiro atoms. The molecule has 3 heteroatoms. The monoisotopic (exact) mass is 179 g/mol. The van der Waals surface area contributed by atoms with Crippen LogP contribution in [0.4, 0.5) is 0 Å². The minimum absolute atomic E-state index is 0.239. The van der Waals surface area contributed by atoms with Crippen LogP contribution in [0.25, 0.3) is 0 Å². The Morgan fingerprint density at radius 3 is 2.46 bits per heavy atom. The molecule has 3 N–H and O–H groups in total. The van der Waals surface area contributed by atoms with Gasteiger partial charge in [-0.05, 0) is 30.0 Å². The summed E-state index contributed by atoms with van der Waals surface area (Å²) in [5.41, 5.74) is 4.02. The second kappa shape index (κ2) is 4.94. The van der Waals surface area contributed by atoms with E-state index in [1.807, 2.05) is 12.1 Å². The first-order valence-corrected chi connectivity index (χ1v) is 4.60. The molecule has 1 atom stereocenters. The molecule has 0 fully saturated rings. The molecular weight excluding hydrogens is 162 g/mol. The molecule has 1 unspecified atom stereocenters. The molecule has 72 valence electrons. The number of nitrogens with zero attached hydrogens (tertiary/aromatic N) is 1. The molecule has 1 aromatic heterocycles.